The molecule has 0 aliphatic heterocycles. The van der Waals surface area contributed by atoms with Gasteiger partial charge in [-0.05, 0) is 6.92 Å². The Bertz CT molecular complexity index is 1050. The minimum atomic E-state index is -1.22. The summed E-state index contributed by atoms with van der Waals surface area (Å²) in [5.74, 6) is 0. The highest BCUT2D eigenvalue weighted by atomic mass is 14.9. The molecule has 0 saturated heterocycles. The van der Waals surface area contributed by atoms with E-state index in [2.05, 4.69) is 145 Å². The van der Waals surface area contributed by atoms with E-state index in [1.54, 1.807) is 0 Å². The molecule has 33 heavy (non-hydrogen) atoms. The molecule has 0 spiro atoms. The minimum Gasteiger partial charge on any atom is -0.205 e. The number of aryl methyl sites for hydroxylation is 1. The van der Waals surface area contributed by atoms with E-state index in [1.807, 2.05) is 18.2 Å². The first kappa shape index (κ1) is 22.3. The van der Waals surface area contributed by atoms with Gasteiger partial charge in [-0.3, -0.25) is 0 Å². The number of hydrogen-bond acceptors (Lipinski definition) is 0. The molecule has 4 aromatic carbocycles. The summed E-state index contributed by atoms with van der Waals surface area (Å²) in [4.78, 5) is 0. The molecule has 0 fully saturated rings. The Hall–Kier alpha value is -3.91. The zero-order valence-corrected chi connectivity index (χ0v) is 19.2. The van der Waals surface area contributed by atoms with Crippen molar-refractivity contribution in [2.24, 2.45) is 0 Å². The summed E-state index contributed by atoms with van der Waals surface area (Å²) in [7, 11) is 0. The van der Waals surface area contributed by atoms with Crippen LogP contribution in [0.25, 0.3) is 0 Å². The molecule has 0 radical (unpaired) electrons. The molecule has 0 N–H and O–H groups in total. The third-order valence-corrected chi connectivity index (χ3v) is 6.34. The minimum absolute atomic E-state index is 1.06. The zero-order valence-electron chi connectivity index (χ0n) is 19.2. The fourth-order valence-corrected chi connectivity index (χ4v) is 4.77. The van der Waals surface area contributed by atoms with Gasteiger partial charge in [0.15, 0.2) is 12.4 Å². The zero-order chi connectivity index (χ0) is 22.8. The Kier molecular flexibility index (Phi) is 7.50. The normalized spacial score (nSPS) is 10.7. The SMILES string of the molecule is CC[n+]1ccccc1.c1ccc([B-](c2ccccc2)(c2ccccc2)c2ccccc2)cc1. The van der Waals surface area contributed by atoms with Crippen LogP contribution >= 0.6 is 0 Å². The van der Waals surface area contributed by atoms with Gasteiger partial charge in [0.25, 0.3) is 0 Å². The smallest absolute Gasteiger partial charge is 0.168 e. The lowest BCUT2D eigenvalue weighted by atomic mass is 9.13. The van der Waals surface area contributed by atoms with E-state index in [4.69, 9.17) is 0 Å². The lowest BCUT2D eigenvalue weighted by molar-refractivity contribution is -0.693. The van der Waals surface area contributed by atoms with Gasteiger partial charge in [-0.1, -0.05) is 127 Å². The van der Waals surface area contributed by atoms with Crippen LogP contribution in [0.15, 0.2) is 152 Å². The molecule has 0 bridgehead atoms. The van der Waals surface area contributed by atoms with Crippen molar-refractivity contribution in [1.82, 2.24) is 0 Å². The van der Waals surface area contributed by atoms with Crippen LogP contribution < -0.4 is 26.4 Å². The molecule has 0 aliphatic carbocycles. The lowest BCUT2D eigenvalue weighted by Crippen LogP contribution is -2.74. The van der Waals surface area contributed by atoms with E-state index < -0.39 is 6.15 Å². The molecule has 162 valence electrons. The molecule has 1 nitrogen and oxygen atoms in total. The predicted molar refractivity (Wildman–Crippen MR) is 142 cm³/mol. The number of benzene rings is 4. The van der Waals surface area contributed by atoms with Gasteiger partial charge in [0.05, 0.1) is 0 Å². The second kappa shape index (κ2) is 11.1. The summed E-state index contributed by atoms with van der Waals surface area (Å²) in [5, 5.41) is 0. The third kappa shape index (κ3) is 4.96. The molecule has 0 unspecified atom stereocenters. The van der Waals surface area contributed by atoms with Gasteiger partial charge < -0.3 is 0 Å². The summed E-state index contributed by atoms with van der Waals surface area (Å²) in [6.07, 6.45) is 2.90. The van der Waals surface area contributed by atoms with Gasteiger partial charge in [-0.25, -0.2) is 4.57 Å². The van der Waals surface area contributed by atoms with Crippen molar-refractivity contribution in [2.45, 2.75) is 13.5 Å². The van der Waals surface area contributed by atoms with E-state index in [9.17, 15) is 0 Å². The van der Waals surface area contributed by atoms with Crippen LogP contribution in [0.5, 0.6) is 0 Å². The maximum absolute atomic E-state index is 2.26. The molecule has 0 amide bonds. The van der Waals surface area contributed by atoms with E-state index in [0.29, 0.717) is 0 Å². The first-order valence-corrected chi connectivity index (χ1v) is 11.7. The molecule has 1 heterocycles. The van der Waals surface area contributed by atoms with E-state index in [1.165, 1.54) is 21.9 Å². The fourth-order valence-electron chi connectivity index (χ4n) is 4.77. The van der Waals surface area contributed by atoms with Gasteiger partial charge in [0.2, 0.25) is 0 Å². The molecule has 0 aliphatic rings. The van der Waals surface area contributed by atoms with Crippen molar-refractivity contribution in [2.75, 3.05) is 0 Å². The van der Waals surface area contributed by atoms with Gasteiger partial charge >= 0.3 is 0 Å². The third-order valence-electron chi connectivity index (χ3n) is 6.34. The first-order chi connectivity index (χ1) is 16.4. The maximum atomic E-state index is 2.26. The number of nitrogens with zero attached hydrogens (tertiary/aromatic N) is 1. The van der Waals surface area contributed by atoms with Crippen LogP contribution in [-0.2, 0) is 6.54 Å². The summed E-state index contributed by atoms with van der Waals surface area (Å²) in [6, 6.07) is 49.6. The quantitative estimate of drug-likeness (QED) is 0.294. The fraction of sp³-hybridized carbons (Fsp3) is 0.0645. The van der Waals surface area contributed by atoms with E-state index in [-0.39, 0.29) is 0 Å². The average molecular weight is 427 g/mol. The molecular formula is C31H30BN. The topological polar surface area (TPSA) is 3.88 Å². The van der Waals surface area contributed by atoms with Crippen molar-refractivity contribution in [3.05, 3.63) is 152 Å². The van der Waals surface area contributed by atoms with Gasteiger partial charge in [0, 0.05) is 12.1 Å². The number of pyridine rings is 1. The van der Waals surface area contributed by atoms with Crippen LogP contribution in [0, 0.1) is 0 Å². The Labute approximate surface area is 197 Å². The second-order valence-corrected chi connectivity index (χ2v) is 8.21. The largest absolute Gasteiger partial charge is 0.205 e. The molecule has 5 aromatic rings. The van der Waals surface area contributed by atoms with Crippen LogP contribution in [0.2, 0.25) is 0 Å². The monoisotopic (exact) mass is 427 g/mol. The van der Waals surface area contributed by atoms with E-state index in [0.717, 1.165) is 6.54 Å². The highest BCUT2D eigenvalue weighted by Crippen LogP contribution is 2.09. The predicted octanol–water partition coefficient (Wildman–Crippen LogP) is 4.06. The molecule has 0 saturated carbocycles. The van der Waals surface area contributed by atoms with Crippen molar-refractivity contribution in [3.63, 3.8) is 0 Å². The Morgan fingerprint density at radius 2 is 0.697 bits per heavy atom. The molecule has 5 rings (SSSR count). The van der Waals surface area contributed by atoms with Gasteiger partial charge in [-0.2, -0.15) is 21.9 Å². The van der Waals surface area contributed by atoms with Crippen molar-refractivity contribution in [3.8, 4) is 0 Å². The first-order valence-electron chi connectivity index (χ1n) is 11.7. The summed E-state index contributed by atoms with van der Waals surface area (Å²) < 4.78 is 2.12. The average Bonchev–Trinajstić information content (AvgIpc) is 2.92. The number of rotatable bonds is 5. The maximum Gasteiger partial charge on any atom is 0.168 e. The van der Waals surface area contributed by atoms with Crippen molar-refractivity contribution in [1.29, 1.82) is 0 Å². The standard InChI is InChI=1S/C24H20B.C7H10N/c1-5-13-21(14-6-1)25(22-15-7-2-8-16-22,23-17-9-3-10-18-23)24-19-11-4-12-20-24;1-2-8-6-4-3-5-7-8/h1-20H;3-7H,2H2,1H3/q-1;+1. The summed E-state index contributed by atoms with van der Waals surface area (Å²) in [6.45, 7) is 3.18. The highest BCUT2D eigenvalue weighted by Gasteiger charge is 2.30. The Balaban J connectivity index is 0.000000275. The number of aromatic nitrogens is 1. The van der Waals surface area contributed by atoms with Gasteiger partial charge in [0.1, 0.15) is 12.7 Å². The van der Waals surface area contributed by atoms with Crippen LogP contribution in [-0.4, -0.2) is 6.15 Å². The molecule has 0 atom stereocenters. The summed E-state index contributed by atoms with van der Waals surface area (Å²) >= 11 is 0. The Morgan fingerprint density at radius 1 is 0.424 bits per heavy atom. The van der Waals surface area contributed by atoms with Crippen LogP contribution in [0.1, 0.15) is 6.92 Å². The Morgan fingerprint density at radius 3 is 0.939 bits per heavy atom. The van der Waals surface area contributed by atoms with Crippen LogP contribution in [0.4, 0.5) is 0 Å². The second-order valence-electron chi connectivity index (χ2n) is 8.21. The van der Waals surface area contributed by atoms with Crippen LogP contribution in [0.3, 0.4) is 0 Å². The highest BCUT2D eigenvalue weighted by molar-refractivity contribution is 7.19. The van der Waals surface area contributed by atoms with E-state index >= 15 is 0 Å². The molecular weight excluding hydrogens is 397 g/mol. The lowest BCUT2D eigenvalue weighted by Gasteiger charge is -2.44. The van der Waals surface area contributed by atoms with Gasteiger partial charge in [-0.15, -0.1) is 0 Å². The number of hydrogen-bond donors (Lipinski definition) is 0. The van der Waals surface area contributed by atoms with Crippen molar-refractivity contribution >= 4 is 28.0 Å². The molecule has 1 aromatic heterocycles. The molecule has 2 heteroatoms. The summed E-state index contributed by atoms with van der Waals surface area (Å²) in [5.41, 5.74) is 5.36. The van der Waals surface area contributed by atoms with Crippen molar-refractivity contribution < 1.29 is 4.57 Å².